The molecule has 3 fully saturated rings. The normalized spacial score (nSPS) is 34.5. The van der Waals surface area contributed by atoms with Gasteiger partial charge in [-0.2, -0.15) is 0 Å². The quantitative estimate of drug-likeness (QED) is 0.614. The molecule has 168 valence electrons. The number of urea groups is 1. The lowest BCUT2D eigenvalue weighted by Gasteiger charge is -2.51. The van der Waals surface area contributed by atoms with Crippen molar-refractivity contribution < 1.29 is 9.59 Å². The Kier molecular flexibility index (Phi) is 6.68. The lowest BCUT2D eigenvalue weighted by molar-refractivity contribution is -0.134. The molecule has 4 rings (SSSR count). The lowest BCUT2D eigenvalue weighted by Crippen LogP contribution is -2.58. The van der Waals surface area contributed by atoms with Crippen LogP contribution in [0, 0.1) is 23.7 Å². The number of fused-ring (bicyclic) bond motifs is 2. The summed E-state index contributed by atoms with van der Waals surface area (Å²) in [6.07, 6.45) is 8.92. The number of carbonyl (C=O) groups excluding carboxylic acids is 2. The molecule has 7 heteroatoms. The van der Waals surface area contributed by atoms with Gasteiger partial charge in [-0.1, -0.05) is 6.42 Å². The molecule has 2 saturated carbocycles. The number of imide groups is 1. The van der Waals surface area contributed by atoms with Crippen molar-refractivity contribution >= 4 is 11.9 Å². The van der Waals surface area contributed by atoms with E-state index in [0.29, 0.717) is 49.5 Å². The van der Waals surface area contributed by atoms with E-state index < -0.39 is 0 Å². The van der Waals surface area contributed by atoms with Crippen molar-refractivity contribution in [3.8, 4) is 0 Å². The highest BCUT2D eigenvalue weighted by atomic mass is 16.2. The van der Waals surface area contributed by atoms with Crippen molar-refractivity contribution in [3.63, 3.8) is 0 Å². The molecule has 0 aromatic heterocycles. The fourth-order valence-electron chi connectivity index (χ4n) is 6.42. The predicted octanol–water partition coefficient (Wildman–Crippen LogP) is 1.77. The molecule has 0 aromatic rings. The number of nitrogens with zero attached hydrogens (tertiary/aromatic N) is 2. The number of carbonyl (C=O) groups is 2. The molecule has 3 N–H and O–H groups in total. The summed E-state index contributed by atoms with van der Waals surface area (Å²) in [5.41, 5.74) is 1.59. The smallest absolute Gasteiger partial charge is 0.324 e. The summed E-state index contributed by atoms with van der Waals surface area (Å²) in [6.45, 7) is 4.47. The van der Waals surface area contributed by atoms with Crippen molar-refractivity contribution in [1.82, 2.24) is 25.8 Å². The standard InChI is InChI=1S/C23H39N5O2/c1-4-24-23(30)28(10-6-9-27(2)3)22(29)16-11-18-17-7-5-8-19-21(17)15(13-25-19)12-20(18)26-14-16/h13,16-21,25-26H,4-12,14H2,1-3H3,(H,24,30)/t16-,17?,18-,19?,20-,21?/m1/s1. The van der Waals surface area contributed by atoms with Gasteiger partial charge in [0.15, 0.2) is 0 Å². The van der Waals surface area contributed by atoms with Gasteiger partial charge in [0.1, 0.15) is 0 Å². The Bertz CT molecular complexity index is 679. The van der Waals surface area contributed by atoms with E-state index in [1.807, 2.05) is 21.0 Å². The van der Waals surface area contributed by atoms with E-state index in [0.717, 1.165) is 25.8 Å². The molecule has 0 aromatic carbocycles. The van der Waals surface area contributed by atoms with Gasteiger partial charge in [0.2, 0.25) is 5.91 Å². The van der Waals surface area contributed by atoms with Crippen LogP contribution >= 0.6 is 0 Å². The van der Waals surface area contributed by atoms with E-state index in [-0.39, 0.29) is 17.9 Å². The van der Waals surface area contributed by atoms with Gasteiger partial charge in [-0.15, -0.1) is 0 Å². The van der Waals surface area contributed by atoms with Crippen molar-refractivity contribution in [2.75, 3.05) is 40.3 Å². The molecule has 7 nitrogen and oxygen atoms in total. The Morgan fingerprint density at radius 2 is 2.00 bits per heavy atom. The van der Waals surface area contributed by atoms with Crippen molar-refractivity contribution in [1.29, 1.82) is 0 Å². The summed E-state index contributed by atoms with van der Waals surface area (Å²) in [5.74, 6) is 1.77. The highest BCUT2D eigenvalue weighted by Crippen LogP contribution is 2.51. The zero-order valence-corrected chi connectivity index (χ0v) is 18.8. The molecule has 0 bridgehead atoms. The Morgan fingerprint density at radius 1 is 1.17 bits per heavy atom. The first-order valence-corrected chi connectivity index (χ1v) is 11.9. The first-order chi connectivity index (χ1) is 14.5. The maximum absolute atomic E-state index is 13.5. The monoisotopic (exact) mass is 417 g/mol. The minimum Gasteiger partial charge on any atom is -0.388 e. The van der Waals surface area contributed by atoms with Gasteiger partial charge in [-0.05, 0) is 83.3 Å². The van der Waals surface area contributed by atoms with Crippen LogP contribution in [0.15, 0.2) is 11.8 Å². The Hall–Kier alpha value is -1.60. The molecule has 6 atom stereocenters. The van der Waals surface area contributed by atoms with Crippen molar-refractivity contribution in [2.45, 2.75) is 57.5 Å². The summed E-state index contributed by atoms with van der Waals surface area (Å²) in [5, 5.41) is 10.2. The van der Waals surface area contributed by atoms with Crippen LogP contribution < -0.4 is 16.0 Å². The first-order valence-electron chi connectivity index (χ1n) is 11.9. The van der Waals surface area contributed by atoms with E-state index in [1.54, 1.807) is 5.57 Å². The van der Waals surface area contributed by atoms with Gasteiger partial charge in [-0.3, -0.25) is 9.69 Å². The molecule has 1 saturated heterocycles. The fraction of sp³-hybridized carbons (Fsp3) is 0.826. The van der Waals surface area contributed by atoms with Crippen molar-refractivity contribution in [3.05, 3.63) is 11.8 Å². The number of piperidine rings is 1. The Balaban J connectivity index is 1.44. The Morgan fingerprint density at radius 3 is 2.77 bits per heavy atom. The predicted molar refractivity (Wildman–Crippen MR) is 118 cm³/mol. The third-order valence-corrected chi connectivity index (χ3v) is 7.74. The average Bonchev–Trinajstić information content (AvgIpc) is 3.15. The van der Waals surface area contributed by atoms with E-state index >= 15 is 0 Å². The molecule has 30 heavy (non-hydrogen) atoms. The Labute approximate surface area is 181 Å². The van der Waals surface area contributed by atoms with Gasteiger partial charge < -0.3 is 20.9 Å². The average molecular weight is 418 g/mol. The highest BCUT2D eigenvalue weighted by molar-refractivity contribution is 5.95. The number of hydrogen-bond donors (Lipinski definition) is 3. The number of rotatable bonds is 6. The van der Waals surface area contributed by atoms with E-state index in [4.69, 9.17) is 0 Å². The van der Waals surface area contributed by atoms with Crippen LogP contribution in [-0.2, 0) is 4.79 Å². The molecule has 0 radical (unpaired) electrons. The molecular formula is C23H39N5O2. The first kappa shape index (κ1) is 21.6. The third kappa shape index (κ3) is 4.24. The second-order valence-corrected chi connectivity index (χ2v) is 9.91. The SMILES string of the molecule is CCNC(=O)N(CCCN(C)C)C(=O)[C@H]1CN[C@@H]2CC3=CNC4CCCC(C34)[C@H]2C1. The zero-order valence-electron chi connectivity index (χ0n) is 18.8. The molecule has 3 unspecified atom stereocenters. The summed E-state index contributed by atoms with van der Waals surface area (Å²) >= 11 is 0. The number of amides is 3. The molecule has 0 spiro atoms. The van der Waals surface area contributed by atoms with E-state index in [9.17, 15) is 9.59 Å². The second-order valence-electron chi connectivity index (χ2n) is 9.91. The third-order valence-electron chi connectivity index (χ3n) is 7.74. The van der Waals surface area contributed by atoms with Crippen molar-refractivity contribution in [2.24, 2.45) is 23.7 Å². The molecule has 2 heterocycles. The van der Waals surface area contributed by atoms with Gasteiger partial charge in [0.05, 0.1) is 5.92 Å². The van der Waals surface area contributed by atoms with Crippen LogP contribution in [0.1, 0.15) is 45.4 Å². The molecule has 4 aliphatic rings. The van der Waals surface area contributed by atoms with Crippen LogP contribution in [-0.4, -0.2) is 74.1 Å². The largest absolute Gasteiger partial charge is 0.388 e. The van der Waals surface area contributed by atoms with Gasteiger partial charge in [-0.25, -0.2) is 4.79 Å². The lowest BCUT2D eigenvalue weighted by atomic mass is 9.58. The minimum atomic E-state index is -0.241. The zero-order chi connectivity index (χ0) is 21.3. The molecular weight excluding hydrogens is 378 g/mol. The maximum Gasteiger partial charge on any atom is 0.324 e. The molecule has 2 aliphatic heterocycles. The number of hydrogen-bond acceptors (Lipinski definition) is 5. The van der Waals surface area contributed by atoms with E-state index in [1.165, 1.54) is 24.2 Å². The summed E-state index contributed by atoms with van der Waals surface area (Å²) in [7, 11) is 4.04. The van der Waals surface area contributed by atoms with Crippen LogP contribution in [0.4, 0.5) is 4.79 Å². The highest BCUT2D eigenvalue weighted by Gasteiger charge is 2.51. The second kappa shape index (κ2) is 9.27. The van der Waals surface area contributed by atoms with Crippen LogP contribution in [0.25, 0.3) is 0 Å². The van der Waals surface area contributed by atoms with Crippen LogP contribution in [0.2, 0.25) is 0 Å². The van der Waals surface area contributed by atoms with Gasteiger partial charge >= 0.3 is 6.03 Å². The number of nitrogens with one attached hydrogen (secondary N) is 3. The van der Waals surface area contributed by atoms with Gasteiger partial charge in [0.25, 0.3) is 0 Å². The summed E-state index contributed by atoms with van der Waals surface area (Å²) in [4.78, 5) is 29.7. The van der Waals surface area contributed by atoms with Crippen LogP contribution in [0.3, 0.4) is 0 Å². The molecule has 3 amide bonds. The summed E-state index contributed by atoms with van der Waals surface area (Å²) in [6, 6.07) is 0.843. The fourth-order valence-corrected chi connectivity index (χ4v) is 6.42. The van der Waals surface area contributed by atoms with Gasteiger partial charge in [0, 0.05) is 37.6 Å². The summed E-state index contributed by atoms with van der Waals surface area (Å²) < 4.78 is 0. The maximum atomic E-state index is 13.5. The molecule has 2 aliphatic carbocycles. The van der Waals surface area contributed by atoms with Crippen LogP contribution in [0.5, 0.6) is 0 Å². The van der Waals surface area contributed by atoms with E-state index in [2.05, 4.69) is 27.1 Å². The topological polar surface area (TPSA) is 76.7 Å². The minimum absolute atomic E-state index is 0.00361.